The molecule has 36 heavy (non-hydrogen) atoms. The number of para-hydroxylation sites is 2. The van der Waals surface area contributed by atoms with E-state index in [1.165, 1.54) is 43.5 Å². The molecule has 1 aliphatic carbocycles. The molecule has 5 rings (SSSR count). The van der Waals surface area contributed by atoms with E-state index in [9.17, 15) is 29.4 Å². The fraction of sp³-hybridized carbons (Fsp3) is 0.259. The van der Waals surface area contributed by atoms with E-state index in [4.69, 9.17) is 4.74 Å². The van der Waals surface area contributed by atoms with Gasteiger partial charge in [-0.2, -0.15) is 0 Å². The van der Waals surface area contributed by atoms with Gasteiger partial charge in [0.2, 0.25) is 0 Å². The molecule has 2 heterocycles. The van der Waals surface area contributed by atoms with Crippen molar-refractivity contribution in [2.24, 2.45) is 5.41 Å². The molecular formula is C27H24N2O7. The number of Topliss-reactive ketones (excluding diaryl/α,β-unsaturated/α-hetero) is 2. The Morgan fingerprint density at radius 2 is 1.67 bits per heavy atom. The minimum absolute atomic E-state index is 0.0654. The van der Waals surface area contributed by atoms with E-state index in [-0.39, 0.29) is 29.0 Å². The number of ether oxygens (including phenoxy) is 1. The number of phenolic OH excluding ortho intramolecular Hbond substituents is 1. The Morgan fingerprint density at radius 1 is 1.00 bits per heavy atom. The van der Waals surface area contributed by atoms with Gasteiger partial charge in [-0.3, -0.25) is 24.1 Å². The van der Waals surface area contributed by atoms with Crippen LogP contribution in [-0.2, 0) is 19.2 Å². The van der Waals surface area contributed by atoms with E-state index in [1.807, 2.05) is 13.8 Å². The van der Waals surface area contributed by atoms with Gasteiger partial charge in [-0.15, -0.1) is 0 Å². The van der Waals surface area contributed by atoms with Crippen molar-refractivity contribution in [1.82, 2.24) is 5.32 Å². The monoisotopic (exact) mass is 488 g/mol. The van der Waals surface area contributed by atoms with Gasteiger partial charge in [0, 0.05) is 17.7 Å². The molecule has 3 N–H and O–H groups in total. The molecule has 2 aromatic carbocycles. The maximum absolute atomic E-state index is 13.9. The van der Waals surface area contributed by atoms with Crippen LogP contribution in [0, 0.1) is 5.41 Å². The topological polar surface area (TPSA) is 133 Å². The minimum Gasteiger partial charge on any atom is -0.507 e. The third kappa shape index (κ3) is 3.08. The predicted molar refractivity (Wildman–Crippen MR) is 129 cm³/mol. The van der Waals surface area contributed by atoms with Gasteiger partial charge >= 0.3 is 5.91 Å². The van der Waals surface area contributed by atoms with Gasteiger partial charge < -0.3 is 20.3 Å². The summed E-state index contributed by atoms with van der Waals surface area (Å²) in [5, 5.41) is 24.7. The highest BCUT2D eigenvalue weighted by molar-refractivity contribution is 6.56. The number of benzene rings is 2. The smallest absolute Gasteiger partial charge is 0.300 e. The highest BCUT2D eigenvalue weighted by Gasteiger charge is 2.69. The summed E-state index contributed by atoms with van der Waals surface area (Å²) in [6.07, 6.45) is 0.380. The Morgan fingerprint density at radius 3 is 2.31 bits per heavy atom. The molecule has 0 radical (unpaired) electrons. The molecule has 1 spiro atoms. The maximum atomic E-state index is 13.9. The zero-order valence-electron chi connectivity index (χ0n) is 19.9. The first-order chi connectivity index (χ1) is 17.0. The van der Waals surface area contributed by atoms with Crippen molar-refractivity contribution in [3.63, 3.8) is 0 Å². The lowest BCUT2D eigenvalue weighted by atomic mass is 9.70. The largest absolute Gasteiger partial charge is 0.507 e. The molecule has 9 heteroatoms. The molecule has 0 bridgehead atoms. The Labute approximate surface area is 206 Å². The molecule has 3 aliphatic rings. The molecule has 9 nitrogen and oxygen atoms in total. The van der Waals surface area contributed by atoms with Crippen molar-refractivity contribution in [1.29, 1.82) is 0 Å². The van der Waals surface area contributed by atoms with E-state index in [2.05, 4.69) is 5.32 Å². The lowest BCUT2D eigenvalue weighted by Crippen LogP contribution is -2.56. The summed E-state index contributed by atoms with van der Waals surface area (Å²) in [6, 6.07) is 11.8. The Bertz CT molecular complexity index is 1420. The van der Waals surface area contributed by atoms with Crippen molar-refractivity contribution in [3.8, 4) is 11.5 Å². The number of carbonyl (C=O) groups excluding carboxylic acids is 4. The Balaban J connectivity index is 1.86. The number of aromatic hydroxyl groups is 1. The van der Waals surface area contributed by atoms with Crippen molar-refractivity contribution in [3.05, 3.63) is 70.9 Å². The number of hydrogen-bond acceptors (Lipinski definition) is 7. The quantitative estimate of drug-likeness (QED) is 0.344. The van der Waals surface area contributed by atoms with Crippen molar-refractivity contribution >= 4 is 34.8 Å². The summed E-state index contributed by atoms with van der Waals surface area (Å²) < 4.78 is 5.14. The third-order valence-corrected chi connectivity index (χ3v) is 6.87. The SMILES string of the molecule is COc1ccc(/C(O)=C2\C(=O)C(=O)N(c3ccccc3O)C23C(=O)NC2=C3C(=O)CC(C)(C)C2)cc1. The number of ketones is 2. The van der Waals surface area contributed by atoms with E-state index >= 15 is 0 Å². The zero-order chi connectivity index (χ0) is 26.0. The summed E-state index contributed by atoms with van der Waals surface area (Å²) in [5.74, 6) is -4.03. The fourth-order valence-corrected chi connectivity index (χ4v) is 5.39. The predicted octanol–water partition coefficient (Wildman–Crippen LogP) is 2.80. The van der Waals surface area contributed by atoms with E-state index in [1.54, 1.807) is 12.1 Å². The molecular weight excluding hydrogens is 464 g/mol. The summed E-state index contributed by atoms with van der Waals surface area (Å²) in [7, 11) is 1.47. The minimum atomic E-state index is -2.28. The molecule has 184 valence electrons. The molecule has 2 aromatic rings. The van der Waals surface area contributed by atoms with Crippen LogP contribution >= 0.6 is 0 Å². The standard InChI is InChI=1S/C27H24N2O7/c1-26(2)12-16-20(19(31)13-26)27(25(35)28-16)21(22(32)14-8-10-15(36-3)11-9-14)23(33)24(34)29(27)17-6-4-5-7-18(17)30/h4-11,30,32H,12-13H2,1-3H3,(H,28,35)/b22-21-. The first-order valence-electron chi connectivity index (χ1n) is 11.4. The molecule has 1 unspecified atom stereocenters. The average Bonchev–Trinajstić information content (AvgIpc) is 3.23. The van der Waals surface area contributed by atoms with Crippen LogP contribution in [-0.4, -0.2) is 46.2 Å². The molecule has 1 saturated heterocycles. The van der Waals surface area contributed by atoms with Crippen molar-refractivity contribution in [2.45, 2.75) is 32.2 Å². The number of anilines is 1. The molecule has 1 fully saturated rings. The average molecular weight is 488 g/mol. The molecule has 2 amide bonds. The van der Waals surface area contributed by atoms with E-state index in [0.717, 1.165) is 4.90 Å². The number of methoxy groups -OCH3 is 1. The second-order valence-corrected chi connectivity index (χ2v) is 9.87. The van der Waals surface area contributed by atoms with Crippen LogP contribution in [0.3, 0.4) is 0 Å². The highest BCUT2D eigenvalue weighted by Crippen LogP contribution is 2.53. The molecule has 0 saturated carbocycles. The van der Waals surface area contributed by atoms with Crippen LogP contribution in [0.15, 0.2) is 65.4 Å². The van der Waals surface area contributed by atoms with Gasteiger partial charge in [0.05, 0.1) is 23.9 Å². The van der Waals surface area contributed by atoms with Gasteiger partial charge in [0.15, 0.2) is 11.3 Å². The van der Waals surface area contributed by atoms with Crippen LogP contribution < -0.4 is 15.0 Å². The summed E-state index contributed by atoms with van der Waals surface area (Å²) >= 11 is 0. The number of carbonyl (C=O) groups is 4. The number of rotatable bonds is 3. The van der Waals surface area contributed by atoms with Gasteiger partial charge in [0.25, 0.3) is 11.7 Å². The fourth-order valence-electron chi connectivity index (χ4n) is 5.39. The van der Waals surface area contributed by atoms with Crippen LogP contribution in [0.2, 0.25) is 0 Å². The molecule has 0 aromatic heterocycles. The number of aliphatic hydroxyl groups excluding tert-OH is 1. The summed E-state index contributed by atoms with van der Waals surface area (Å²) in [6.45, 7) is 3.76. The number of fused-ring (bicyclic) bond motifs is 1. The first kappa shape index (κ1) is 23.3. The number of nitrogens with zero attached hydrogens (tertiary/aromatic N) is 1. The van der Waals surface area contributed by atoms with Crippen molar-refractivity contribution < 1.29 is 34.1 Å². The number of aliphatic hydroxyl groups is 1. The maximum Gasteiger partial charge on any atom is 0.300 e. The number of phenols is 1. The van der Waals surface area contributed by atoms with Crippen LogP contribution in [0.5, 0.6) is 11.5 Å². The Kier molecular flexibility index (Phi) is 5.06. The Hall–Kier alpha value is -4.40. The van der Waals surface area contributed by atoms with Crippen LogP contribution in [0.1, 0.15) is 32.3 Å². The van der Waals surface area contributed by atoms with Crippen LogP contribution in [0.4, 0.5) is 5.69 Å². The number of nitrogens with one attached hydrogen (secondary N) is 1. The van der Waals surface area contributed by atoms with Gasteiger partial charge in [-0.05, 0) is 48.2 Å². The molecule has 2 aliphatic heterocycles. The number of hydrogen-bond donors (Lipinski definition) is 3. The lowest BCUT2D eigenvalue weighted by Gasteiger charge is -2.37. The van der Waals surface area contributed by atoms with Gasteiger partial charge in [-0.1, -0.05) is 26.0 Å². The zero-order valence-corrected chi connectivity index (χ0v) is 19.9. The summed E-state index contributed by atoms with van der Waals surface area (Å²) in [4.78, 5) is 55.3. The first-order valence-corrected chi connectivity index (χ1v) is 11.4. The van der Waals surface area contributed by atoms with Crippen LogP contribution in [0.25, 0.3) is 5.76 Å². The molecule has 1 atom stereocenters. The van der Waals surface area contributed by atoms with Gasteiger partial charge in [-0.25, -0.2) is 0 Å². The number of amides is 2. The second-order valence-electron chi connectivity index (χ2n) is 9.87. The highest BCUT2D eigenvalue weighted by atomic mass is 16.5. The third-order valence-electron chi connectivity index (χ3n) is 6.87. The lowest BCUT2D eigenvalue weighted by molar-refractivity contribution is -0.132. The van der Waals surface area contributed by atoms with Crippen molar-refractivity contribution in [2.75, 3.05) is 12.0 Å². The van der Waals surface area contributed by atoms with E-state index < -0.39 is 45.7 Å². The number of allylic oxidation sites excluding steroid dienone is 1. The van der Waals surface area contributed by atoms with E-state index in [0.29, 0.717) is 17.9 Å². The second kappa shape index (κ2) is 7.81. The summed E-state index contributed by atoms with van der Waals surface area (Å²) in [5.41, 5.74) is -3.03. The normalized spacial score (nSPS) is 24.4. The van der Waals surface area contributed by atoms with Gasteiger partial charge in [0.1, 0.15) is 17.3 Å².